The van der Waals surface area contributed by atoms with Crippen LogP contribution in [0.5, 0.6) is 5.75 Å². The van der Waals surface area contributed by atoms with E-state index in [1.54, 1.807) is 18.1 Å². The first kappa shape index (κ1) is 14.7. The van der Waals surface area contributed by atoms with Crippen LogP contribution in [0, 0.1) is 0 Å². The smallest absolute Gasteiger partial charge is 0.258 e. The third-order valence-electron chi connectivity index (χ3n) is 3.05. The van der Waals surface area contributed by atoms with Gasteiger partial charge in [0.1, 0.15) is 5.75 Å². The Hall–Kier alpha value is -1.75. The average Bonchev–Trinajstić information content (AvgIpc) is 2.91. The van der Waals surface area contributed by atoms with Crippen molar-refractivity contribution in [2.45, 2.75) is 13.5 Å². The summed E-state index contributed by atoms with van der Waals surface area (Å²) in [6.45, 7) is 3.13. The maximum atomic E-state index is 12.4. The van der Waals surface area contributed by atoms with Crippen LogP contribution in [0.3, 0.4) is 0 Å². The van der Waals surface area contributed by atoms with Gasteiger partial charge in [0.25, 0.3) is 5.91 Å². The number of carbonyl (C=O) groups excluding carboxylic acids is 1. The summed E-state index contributed by atoms with van der Waals surface area (Å²) < 4.78 is 10.7. The third kappa shape index (κ3) is 3.22. The van der Waals surface area contributed by atoms with Gasteiger partial charge >= 0.3 is 0 Å². The van der Waals surface area contributed by atoms with E-state index in [0.717, 1.165) is 11.3 Å². The highest BCUT2D eigenvalue weighted by Crippen LogP contribution is 2.21. The van der Waals surface area contributed by atoms with Crippen LogP contribution in [0.1, 0.15) is 22.8 Å². The van der Waals surface area contributed by atoms with E-state index in [4.69, 9.17) is 9.15 Å². The maximum Gasteiger partial charge on any atom is 0.258 e. The lowest BCUT2D eigenvalue weighted by molar-refractivity contribution is 0.0750. The van der Waals surface area contributed by atoms with Crippen molar-refractivity contribution in [2.24, 2.45) is 0 Å². The summed E-state index contributed by atoms with van der Waals surface area (Å²) >= 11 is 3.24. The number of furan rings is 1. The number of methoxy groups -OCH3 is 1. The molecule has 106 valence electrons. The van der Waals surface area contributed by atoms with E-state index >= 15 is 0 Å². The molecule has 0 saturated carbocycles. The number of hydrogen-bond donors (Lipinski definition) is 0. The molecule has 0 fully saturated rings. The molecule has 1 aromatic heterocycles. The molecule has 4 nitrogen and oxygen atoms in total. The summed E-state index contributed by atoms with van der Waals surface area (Å²) in [4.78, 5) is 14.2. The van der Waals surface area contributed by atoms with Crippen LogP contribution in [0.25, 0.3) is 0 Å². The molecular formula is C15H16BrNO3. The highest BCUT2D eigenvalue weighted by molar-refractivity contribution is 9.10. The Morgan fingerprint density at radius 2 is 2.00 bits per heavy atom. The number of rotatable bonds is 5. The lowest BCUT2D eigenvalue weighted by Crippen LogP contribution is -2.30. The second-order valence-electron chi connectivity index (χ2n) is 4.28. The molecule has 1 amide bonds. The highest BCUT2D eigenvalue weighted by atomic mass is 79.9. The van der Waals surface area contributed by atoms with Crippen molar-refractivity contribution in [2.75, 3.05) is 13.7 Å². The minimum atomic E-state index is -0.0519. The number of ether oxygens (including phenoxy) is 1. The van der Waals surface area contributed by atoms with Crippen molar-refractivity contribution in [3.63, 3.8) is 0 Å². The Morgan fingerprint density at radius 1 is 1.30 bits per heavy atom. The predicted octanol–water partition coefficient (Wildman–Crippen LogP) is 3.71. The SMILES string of the molecule is CCN(Cc1ccc(OC)cc1)C(=O)c1ccoc1Br. The Morgan fingerprint density at radius 3 is 2.50 bits per heavy atom. The van der Waals surface area contributed by atoms with Gasteiger partial charge in [-0.2, -0.15) is 0 Å². The van der Waals surface area contributed by atoms with E-state index in [1.807, 2.05) is 31.2 Å². The number of carbonyl (C=O) groups is 1. The van der Waals surface area contributed by atoms with E-state index in [-0.39, 0.29) is 5.91 Å². The van der Waals surface area contributed by atoms with Crippen LogP contribution in [0.4, 0.5) is 0 Å². The Kier molecular flexibility index (Phi) is 4.84. The van der Waals surface area contributed by atoms with Crippen molar-refractivity contribution < 1.29 is 13.9 Å². The summed E-state index contributed by atoms with van der Waals surface area (Å²) in [5.74, 6) is 0.754. The van der Waals surface area contributed by atoms with Crippen LogP contribution >= 0.6 is 15.9 Å². The molecule has 2 aromatic rings. The predicted molar refractivity (Wildman–Crippen MR) is 79.8 cm³/mol. The number of halogens is 1. The fourth-order valence-corrected chi connectivity index (χ4v) is 2.30. The second kappa shape index (κ2) is 6.61. The summed E-state index contributed by atoms with van der Waals surface area (Å²) in [5.41, 5.74) is 1.60. The standard InChI is InChI=1S/C15H16BrNO3/c1-3-17(15(18)13-8-9-20-14(13)16)10-11-4-6-12(19-2)7-5-11/h4-9H,3,10H2,1-2H3. The zero-order valence-corrected chi connectivity index (χ0v) is 13.0. The summed E-state index contributed by atoms with van der Waals surface area (Å²) in [6, 6.07) is 9.37. The maximum absolute atomic E-state index is 12.4. The molecule has 0 spiro atoms. The second-order valence-corrected chi connectivity index (χ2v) is 5.00. The van der Waals surface area contributed by atoms with Gasteiger partial charge in [0.05, 0.1) is 18.9 Å². The average molecular weight is 338 g/mol. The molecular weight excluding hydrogens is 322 g/mol. The molecule has 1 aromatic carbocycles. The molecule has 0 N–H and O–H groups in total. The summed E-state index contributed by atoms with van der Waals surface area (Å²) in [5, 5.41) is 0. The first-order chi connectivity index (χ1) is 9.65. The lowest BCUT2D eigenvalue weighted by atomic mass is 10.2. The molecule has 20 heavy (non-hydrogen) atoms. The molecule has 0 bridgehead atoms. The van der Waals surface area contributed by atoms with Gasteiger partial charge < -0.3 is 14.1 Å². The van der Waals surface area contributed by atoms with Crippen molar-refractivity contribution >= 4 is 21.8 Å². The largest absolute Gasteiger partial charge is 0.497 e. The lowest BCUT2D eigenvalue weighted by Gasteiger charge is -2.20. The van der Waals surface area contributed by atoms with Crippen LogP contribution in [-0.2, 0) is 6.54 Å². The fraction of sp³-hybridized carbons (Fsp3) is 0.267. The minimum absolute atomic E-state index is 0.0519. The van der Waals surface area contributed by atoms with Crippen LogP contribution in [-0.4, -0.2) is 24.5 Å². The van der Waals surface area contributed by atoms with E-state index < -0.39 is 0 Å². The fourth-order valence-electron chi connectivity index (χ4n) is 1.90. The topological polar surface area (TPSA) is 42.7 Å². The zero-order valence-electron chi connectivity index (χ0n) is 11.4. The molecule has 0 unspecified atom stereocenters. The normalized spacial score (nSPS) is 10.3. The Balaban J connectivity index is 2.12. The van der Waals surface area contributed by atoms with Crippen molar-refractivity contribution in [3.8, 4) is 5.75 Å². The Bertz CT molecular complexity index is 577. The van der Waals surface area contributed by atoms with Gasteiger partial charge in [0.15, 0.2) is 4.67 Å². The number of benzene rings is 1. The molecule has 0 aliphatic rings. The van der Waals surface area contributed by atoms with Crippen LogP contribution < -0.4 is 4.74 Å². The van der Waals surface area contributed by atoms with Gasteiger partial charge in [0, 0.05) is 13.1 Å². The highest BCUT2D eigenvalue weighted by Gasteiger charge is 2.19. The zero-order chi connectivity index (χ0) is 14.5. The quantitative estimate of drug-likeness (QED) is 0.835. The van der Waals surface area contributed by atoms with Gasteiger partial charge in [-0.1, -0.05) is 12.1 Å². The van der Waals surface area contributed by atoms with Gasteiger partial charge in [-0.25, -0.2) is 0 Å². The van der Waals surface area contributed by atoms with Crippen molar-refractivity contribution in [1.82, 2.24) is 4.90 Å². The molecule has 2 rings (SSSR count). The molecule has 1 heterocycles. The van der Waals surface area contributed by atoms with E-state index in [9.17, 15) is 4.79 Å². The molecule has 0 radical (unpaired) electrons. The monoisotopic (exact) mass is 337 g/mol. The first-order valence-corrected chi connectivity index (χ1v) is 7.10. The summed E-state index contributed by atoms with van der Waals surface area (Å²) in [7, 11) is 1.63. The van der Waals surface area contributed by atoms with Crippen LogP contribution in [0.2, 0.25) is 0 Å². The first-order valence-electron chi connectivity index (χ1n) is 6.31. The van der Waals surface area contributed by atoms with Gasteiger partial charge in [-0.15, -0.1) is 0 Å². The minimum Gasteiger partial charge on any atom is -0.497 e. The van der Waals surface area contributed by atoms with Crippen LogP contribution in [0.15, 0.2) is 45.7 Å². The molecule has 0 atom stereocenters. The third-order valence-corrected chi connectivity index (χ3v) is 3.66. The van der Waals surface area contributed by atoms with E-state index in [1.165, 1.54) is 6.26 Å². The molecule has 0 aliphatic carbocycles. The summed E-state index contributed by atoms with van der Waals surface area (Å²) in [6.07, 6.45) is 1.50. The van der Waals surface area contributed by atoms with E-state index in [2.05, 4.69) is 15.9 Å². The van der Waals surface area contributed by atoms with Gasteiger partial charge in [-0.05, 0) is 46.6 Å². The number of nitrogens with zero attached hydrogens (tertiary/aromatic N) is 1. The van der Waals surface area contributed by atoms with Gasteiger partial charge in [-0.3, -0.25) is 4.79 Å². The van der Waals surface area contributed by atoms with E-state index in [0.29, 0.717) is 23.3 Å². The molecule has 0 saturated heterocycles. The van der Waals surface area contributed by atoms with Crippen molar-refractivity contribution in [1.29, 1.82) is 0 Å². The van der Waals surface area contributed by atoms with Gasteiger partial charge in [0.2, 0.25) is 0 Å². The number of amides is 1. The number of hydrogen-bond acceptors (Lipinski definition) is 3. The molecule has 0 aliphatic heterocycles. The molecule has 5 heteroatoms. The Labute approximate surface area is 126 Å². The van der Waals surface area contributed by atoms with Crippen molar-refractivity contribution in [3.05, 3.63) is 52.4 Å².